The van der Waals surface area contributed by atoms with Crippen molar-refractivity contribution >= 4 is 5.97 Å². The predicted molar refractivity (Wildman–Crippen MR) is 70.8 cm³/mol. The number of epoxide rings is 1. The van der Waals surface area contributed by atoms with Crippen molar-refractivity contribution in [3.8, 4) is 0 Å². The number of rotatable bonds is 1. The Kier molecular flexibility index (Phi) is 3.23. The summed E-state index contributed by atoms with van der Waals surface area (Å²) in [5, 5.41) is 19.9. The molecule has 3 aliphatic rings. The Balaban J connectivity index is 1.93. The molecule has 2 aliphatic heterocycles. The molecule has 20 heavy (non-hydrogen) atoms. The molecule has 2 fully saturated rings. The highest BCUT2D eigenvalue weighted by Gasteiger charge is 2.55. The first-order valence-corrected chi connectivity index (χ1v) is 7.00. The third-order valence-corrected chi connectivity index (χ3v) is 4.66. The van der Waals surface area contributed by atoms with E-state index in [1.54, 1.807) is 6.08 Å². The number of fused-ring (bicyclic) bond motifs is 2. The number of hydrogen-bond donors (Lipinski definition) is 2. The van der Waals surface area contributed by atoms with E-state index in [1.165, 1.54) is 0 Å². The highest BCUT2D eigenvalue weighted by atomic mass is 16.6. The van der Waals surface area contributed by atoms with E-state index in [1.807, 2.05) is 6.92 Å². The first-order chi connectivity index (χ1) is 9.44. The molecule has 0 unspecified atom stereocenters. The summed E-state index contributed by atoms with van der Waals surface area (Å²) < 4.78 is 11.0. The average molecular weight is 280 g/mol. The van der Waals surface area contributed by atoms with Gasteiger partial charge in [0.15, 0.2) is 0 Å². The maximum Gasteiger partial charge on any atom is 0.334 e. The van der Waals surface area contributed by atoms with E-state index in [-0.39, 0.29) is 18.3 Å². The van der Waals surface area contributed by atoms with E-state index < -0.39 is 24.1 Å². The Morgan fingerprint density at radius 3 is 3.00 bits per heavy atom. The second-order valence-corrected chi connectivity index (χ2v) is 6.13. The van der Waals surface area contributed by atoms with Crippen molar-refractivity contribution < 1.29 is 24.5 Å². The summed E-state index contributed by atoms with van der Waals surface area (Å²) in [5.74, 6) is -0.922. The smallest absolute Gasteiger partial charge is 0.334 e. The Labute approximate surface area is 117 Å². The van der Waals surface area contributed by atoms with Gasteiger partial charge < -0.3 is 19.7 Å². The van der Waals surface area contributed by atoms with Gasteiger partial charge in [-0.15, -0.1) is 0 Å². The topological polar surface area (TPSA) is 79.3 Å². The zero-order valence-corrected chi connectivity index (χ0v) is 11.5. The minimum atomic E-state index is -0.733. The number of ether oxygens (including phenoxy) is 2. The molecule has 5 nitrogen and oxygen atoms in total. The summed E-state index contributed by atoms with van der Waals surface area (Å²) in [5.41, 5.74) is 0.778. The van der Waals surface area contributed by atoms with Crippen LogP contribution in [0, 0.1) is 5.92 Å². The van der Waals surface area contributed by atoms with Gasteiger partial charge in [0.2, 0.25) is 0 Å². The Bertz CT molecular complexity index is 483. The molecule has 2 saturated heterocycles. The van der Waals surface area contributed by atoms with Crippen molar-refractivity contribution in [1.29, 1.82) is 0 Å². The molecule has 5 heteroatoms. The molecule has 0 bridgehead atoms. The van der Waals surface area contributed by atoms with Crippen molar-refractivity contribution in [2.75, 3.05) is 6.61 Å². The van der Waals surface area contributed by atoms with Crippen molar-refractivity contribution in [2.45, 2.75) is 50.1 Å². The minimum absolute atomic E-state index is 0.0766. The molecular weight excluding hydrogens is 260 g/mol. The molecule has 110 valence electrons. The van der Waals surface area contributed by atoms with E-state index in [0.717, 1.165) is 12.0 Å². The van der Waals surface area contributed by atoms with Gasteiger partial charge in [0, 0.05) is 12.0 Å². The van der Waals surface area contributed by atoms with Crippen molar-refractivity contribution in [3.63, 3.8) is 0 Å². The van der Waals surface area contributed by atoms with Gasteiger partial charge in [-0.2, -0.15) is 0 Å². The largest absolute Gasteiger partial charge is 0.454 e. The molecular formula is C15H20O5. The molecule has 2 N–H and O–H groups in total. The maximum atomic E-state index is 11.7. The van der Waals surface area contributed by atoms with E-state index in [2.05, 4.69) is 6.58 Å². The number of aliphatic hydroxyl groups excluding tert-OH is 2. The molecule has 0 spiro atoms. The minimum Gasteiger partial charge on any atom is -0.454 e. The van der Waals surface area contributed by atoms with Crippen LogP contribution >= 0.6 is 0 Å². The van der Waals surface area contributed by atoms with Crippen LogP contribution in [0.25, 0.3) is 0 Å². The van der Waals surface area contributed by atoms with E-state index in [4.69, 9.17) is 9.47 Å². The van der Waals surface area contributed by atoms with Crippen LogP contribution < -0.4 is 0 Å². The third kappa shape index (κ3) is 2.20. The molecule has 1 aliphatic carbocycles. The van der Waals surface area contributed by atoms with Gasteiger partial charge in [-0.3, -0.25) is 0 Å². The zero-order valence-electron chi connectivity index (χ0n) is 11.5. The lowest BCUT2D eigenvalue weighted by atomic mass is 9.82. The van der Waals surface area contributed by atoms with Gasteiger partial charge in [0.05, 0.1) is 30.3 Å². The molecule has 0 aromatic carbocycles. The van der Waals surface area contributed by atoms with Crippen LogP contribution in [-0.2, 0) is 14.3 Å². The van der Waals surface area contributed by atoms with Crippen molar-refractivity contribution in [3.05, 3.63) is 23.8 Å². The Morgan fingerprint density at radius 2 is 2.30 bits per heavy atom. The fourth-order valence-electron chi connectivity index (χ4n) is 3.34. The van der Waals surface area contributed by atoms with Crippen LogP contribution in [0.15, 0.2) is 23.8 Å². The lowest BCUT2D eigenvalue weighted by Crippen LogP contribution is -2.33. The van der Waals surface area contributed by atoms with Crippen LogP contribution in [0.3, 0.4) is 0 Å². The summed E-state index contributed by atoms with van der Waals surface area (Å²) in [6.45, 7) is 5.64. The van der Waals surface area contributed by atoms with Crippen LogP contribution in [0.1, 0.15) is 26.2 Å². The molecule has 3 rings (SSSR count). The fraction of sp³-hybridized carbons (Fsp3) is 0.667. The monoisotopic (exact) mass is 280 g/mol. The number of esters is 1. The van der Waals surface area contributed by atoms with Gasteiger partial charge >= 0.3 is 5.97 Å². The van der Waals surface area contributed by atoms with Gasteiger partial charge in [0.25, 0.3) is 0 Å². The average Bonchev–Trinajstić information content (AvgIpc) is 2.93. The number of hydrogen-bond acceptors (Lipinski definition) is 5. The van der Waals surface area contributed by atoms with Gasteiger partial charge in [0.1, 0.15) is 6.10 Å². The molecule has 5 atom stereocenters. The Hall–Kier alpha value is -1.17. The summed E-state index contributed by atoms with van der Waals surface area (Å²) >= 11 is 0. The molecule has 0 aromatic heterocycles. The zero-order chi connectivity index (χ0) is 14.5. The van der Waals surface area contributed by atoms with Gasteiger partial charge in [-0.1, -0.05) is 6.58 Å². The van der Waals surface area contributed by atoms with Crippen LogP contribution in [0.2, 0.25) is 0 Å². The summed E-state index contributed by atoms with van der Waals surface area (Å²) in [4.78, 5) is 11.7. The molecule has 2 heterocycles. The summed E-state index contributed by atoms with van der Waals surface area (Å²) in [6.07, 6.45) is 2.58. The van der Waals surface area contributed by atoms with Gasteiger partial charge in [-0.25, -0.2) is 4.79 Å². The highest BCUT2D eigenvalue weighted by Crippen LogP contribution is 2.46. The van der Waals surface area contributed by atoms with E-state index >= 15 is 0 Å². The normalized spacial score (nSPS) is 46.9. The van der Waals surface area contributed by atoms with E-state index in [9.17, 15) is 15.0 Å². The SMILES string of the molecule is C=C1C(=O)O[C@@H]2/C=C(\CO)CC[C@H]3O[C@@]3(C)C[C@H](O)[C@@H]12. The fourth-order valence-corrected chi connectivity index (χ4v) is 3.34. The van der Waals surface area contributed by atoms with Crippen LogP contribution in [-0.4, -0.2) is 46.7 Å². The van der Waals surface area contributed by atoms with Crippen molar-refractivity contribution in [2.24, 2.45) is 5.92 Å². The molecule has 0 aromatic rings. The maximum absolute atomic E-state index is 11.7. The van der Waals surface area contributed by atoms with E-state index in [0.29, 0.717) is 18.4 Å². The molecule has 0 saturated carbocycles. The predicted octanol–water partition coefficient (Wildman–Crippen LogP) is 0.705. The first-order valence-electron chi connectivity index (χ1n) is 7.00. The summed E-state index contributed by atoms with van der Waals surface area (Å²) in [7, 11) is 0. The quantitative estimate of drug-likeness (QED) is 0.320. The standard InChI is InChI=1S/C15H20O5/c1-8-13-10(17)6-15(2)12(20-15)4-3-9(7-16)5-11(13)19-14(8)18/h5,10-13,16-17H,1,3-4,6-7H2,2H3/b9-5-/t10-,11+,12+,13+,15-/m0/s1. The first kappa shape index (κ1) is 13.8. The molecule has 0 amide bonds. The lowest BCUT2D eigenvalue weighted by Gasteiger charge is -2.24. The number of carbonyl (C=O) groups is 1. The summed E-state index contributed by atoms with van der Waals surface area (Å²) in [6, 6.07) is 0. The van der Waals surface area contributed by atoms with Crippen LogP contribution in [0.4, 0.5) is 0 Å². The van der Waals surface area contributed by atoms with Gasteiger partial charge in [-0.05, 0) is 31.4 Å². The Morgan fingerprint density at radius 1 is 1.55 bits per heavy atom. The second kappa shape index (κ2) is 4.69. The lowest BCUT2D eigenvalue weighted by molar-refractivity contribution is -0.137. The molecule has 0 radical (unpaired) electrons. The number of aliphatic hydroxyl groups is 2. The third-order valence-electron chi connectivity index (χ3n) is 4.66. The highest BCUT2D eigenvalue weighted by molar-refractivity contribution is 5.91. The number of carbonyl (C=O) groups excluding carboxylic acids is 1. The van der Waals surface area contributed by atoms with Crippen LogP contribution in [0.5, 0.6) is 0 Å². The van der Waals surface area contributed by atoms with Crippen molar-refractivity contribution in [1.82, 2.24) is 0 Å². The second-order valence-electron chi connectivity index (χ2n) is 6.13.